The monoisotopic (exact) mass is 428 g/mol. The number of nitro groups is 1. The third-order valence-corrected chi connectivity index (χ3v) is 7.76. The molecule has 0 fully saturated rings. The Bertz CT molecular complexity index is 1210. The summed E-state index contributed by atoms with van der Waals surface area (Å²) in [6.45, 7) is 5.26. The highest BCUT2D eigenvalue weighted by Crippen LogP contribution is 2.36. The van der Waals surface area contributed by atoms with E-state index in [-0.39, 0.29) is 10.6 Å². The summed E-state index contributed by atoms with van der Waals surface area (Å²) in [5, 5.41) is 12.9. The fourth-order valence-corrected chi connectivity index (χ4v) is 5.64. The molecule has 3 aromatic rings. The molecule has 4 rings (SSSR count). The summed E-state index contributed by atoms with van der Waals surface area (Å²) in [4.78, 5) is 16.7. The van der Waals surface area contributed by atoms with Crippen LogP contribution >= 0.6 is 0 Å². The molecule has 2 aromatic carbocycles. The largest absolute Gasteiger partial charge is 0.361 e. The average molecular weight is 429 g/mol. The molecular formula is C21H24N4O4S. The molecule has 0 radical (unpaired) electrons. The van der Waals surface area contributed by atoms with E-state index in [0.29, 0.717) is 31.9 Å². The number of aromatic amines is 1. The summed E-state index contributed by atoms with van der Waals surface area (Å²) in [6, 6.07) is 12.2. The predicted molar refractivity (Wildman–Crippen MR) is 116 cm³/mol. The third-order valence-electron chi connectivity index (χ3n) is 5.71. The van der Waals surface area contributed by atoms with E-state index in [1.165, 1.54) is 16.4 Å². The summed E-state index contributed by atoms with van der Waals surface area (Å²) < 4.78 is 26.9. The molecule has 0 amide bonds. The quantitative estimate of drug-likeness (QED) is 0.477. The van der Waals surface area contributed by atoms with Crippen LogP contribution in [0.1, 0.15) is 25.1 Å². The first-order chi connectivity index (χ1) is 14.4. The van der Waals surface area contributed by atoms with Crippen LogP contribution in [0.3, 0.4) is 0 Å². The zero-order valence-corrected chi connectivity index (χ0v) is 17.8. The van der Waals surface area contributed by atoms with E-state index in [1.807, 2.05) is 29.2 Å². The van der Waals surface area contributed by atoms with E-state index < -0.39 is 14.9 Å². The zero-order chi connectivity index (χ0) is 21.5. The van der Waals surface area contributed by atoms with Gasteiger partial charge in [0.25, 0.3) is 5.69 Å². The number of benzene rings is 2. The maximum atomic E-state index is 12.8. The van der Waals surface area contributed by atoms with Crippen molar-refractivity contribution < 1.29 is 13.3 Å². The van der Waals surface area contributed by atoms with Gasteiger partial charge in [-0.05, 0) is 18.2 Å². The maximum absolute atomic E-state index is 12.8. The number of anilines is 1. The fourth-order valence-electron chi connectivity index (χ4n) is 4.16. The Morgan fingerprint density at radius 1 is 1.17 bits per heavy atom. The smallest absolute Gasteiger partial charge is 0.293 e. The lowest BCUT2D eigenvalue weighted by Crippen LogP contribution is -2.32. The number of nitrogens with one attached hydrogen (secondary N) is 1. The van der Waals surface area contributed by atoms with E-state index in [2.05, 4.69) is 4.98 Å². The predicted octanol–water partition coefficient (Wildman–Crippen LogP) is 3.67. The molecule has 1 aliphatic rings. The highest BCUT2D eigenvalue weighted by Gasteiger charge is 2.29. The normalized spacial score (nSPS) is 14.3. The standard InChI is InChI=1S/C21H24N4O4S/c1-3-24(4-2)30(28,29)15-9-10-20(21(13-15)25(26)27)23-12-11-19-17(14-23)16-7-5-6-8-18(16)22-19/h5-10,13,22H,3-4,11-12,14H2,1-2H3. The highest BCUT2D eigenvalue weighted by molar-refractivity contribution is 7.89. The zero-order valence-electron chi connectivity index (χ0n) is 17.0. The maximum Gasteiger partial charge on any atom is 0.293 e. The van der Waals surface area contributed by atoms with Gasteiger partial charge in [0.15, 0.2) is 0 Å². The van der Waals surface area contributed by atoms with Gasteiger partial charge in [-0.25, -0.2) is 8.42 Å². The highest BCUT2D eigenvalue weighted by atomic mass is 32.2. The van der Waals surface area contributed by atoms with Gasteiger partial charge in [0, 0.05) is 60.8 Å². The van der Waals surface area contributed by atoms with Crippen LogP contribution in [0, 0.1) is 10.1 Å². The number of sulfonamides is 1. The van der Waals surface area contributed by atoms with Gasteiger partial charge >= 0.3 is 0 Å². The number of rotatable bonds is 6. The van der Waals surface area contributed by atoms with Crippen molar-refractivity contribution in [1.29, 1.82) is 0 Å². The first-order valence-electron chi connectivity index (χ1n) is 9.98. The molecule has 9 heteroatoms. The van der Waals surface area contributed by atoms with Gasteiger partial charge in [0.1, 0.15) is 5.69 Å². The molecule has 1 aromatic heterocycles. The average Bonchev–Trinajstić information content (AvgIpc) is 3.11. The van der Waals surface area contributed by atoms with Crippen LogP contribution in [0.4, 0.5) is 11.4 Å². The lowest BCUT2D eigenvalue weighted by Gasteiger charge is -2.29. The van der Waals surface area contributed by atoms with Crippen molar-refractivity contribution in [2.24, 2.45) is 0 Å². The molecule has 8 nitrogen and oxygen atoms in total. The SMILES string of the molecule is CCN(CC)S(=O)(=O)c1ccc(N2CCc3[nH]c4ccccc4c3C2)c([N+](=O)[O-])c1. The van der Waals surface area contributed by atoms with Gasteiger partial charge in [-0.1, -0.05) is 32.0 Å². The van der Waals surface area contributed by atoms with E-state index in [1.54, 1.807) is 19.9 Å². The minimum absolute atomic E-state index is 0.0496. The summed E-state index contributed by atoms with van der Waals surface area (Å²) in [5.41, 5.74) is 3.59. The van der Waals surface area contributed by atoms with E-state index in [9.17, 15) is 18.5 Å². The van der Waals surface area contributed by atoms with Crippen LogP contribution in [-0.2, 0) is 23.0 Å². The fraction of sp³-hybridized carbons (Fsp3) is 0.333. The Morgan fingerprint density at radius 3 is 2.60 bits per heavy atom. The Labute approximate surface area is 175 Å². The second kappa shape index (κ2) is 7.73. The van der Waals surface area contributed by atoms with Crippen molar-refractivity contribution in [3.05, 3.63) is 63.8 Å². The van der Waals surface area contributed by atoms with Crippen molar-refractivity contribution in [1.82, 2.24) is 9.29 Å². The number of fused-ring (bicyclic) bond motifs is 3. The number of H-pyrrole nitrogens is 1. The lowest BCUT2D eigenvalue weighted by molar-refractivity contribution is -0.384. The van der Waals surface area contributed by atoms with Crippen LogP contribution in [0.2, 0.25) is 0 Å². The van der Waals surface area contributed by atoms with E-state index in [0.717, 1.165) is 28.6 Å². The minimum Gasteiger partial charge on any atom is -0.361 e. The molecule has 158 valence electrons. The van der Waals surface area contributed by atoms with Crippen molar-refractivity contribution in [2.45, 2.75) is 31.7 Å². The van der Waals surface area contributed by atoms with Crippen LogP contribution in [0.25, 0.3) is 10.9 Å². The number of hydrogen-bond acceptors (Lipinski definition) is 5. The molecule has 1 aliphatic heterocycles. The van der Waals surface area contributed by atoms with Crippen molar-refractivity contribution in [3.63, 3.8) is 0 Å². The van der Waals surface area contributed by atoms with Crippen molar-refractivity contribution >= 4 is 32.3 Å². The molecule has 0 bridgehead atoms. The van der Waals surface area contributed by atoms with Gasteiger partial charge < -0.3 is 9.88 Å². The Morgan fingerprint density at radius 2 is 1.90 bits per heavy atom. The van der Waals surface area contributed by atoms with Gasteiger partial charge in [-0.3, -0.25) is 10.1 Å². The molecule has 30 heavy (non-hydrogen) atoms. The van der Waals surface area contributed by atoms with Gasteiger partial charge in [-0.2, -0.15) is 4.31 Å². The molecule has 1 N–H and O–H groups in total. The number of hydrogen-bond donors (Lipinski definition) is 1. The Balaban J connectivity index is 1.74. The minimum atomic E-state index is -3.77. The molecule has 0 saturated carbocycles. The summed E-state index contributed by atoms with van der Waals surface area (Å²) in [6.07, 6.45) is 0.737. The molecule has 0 aliphatic carbocycles. The molecule has 0 atom stereocenters. The first-order valence-corrected chi connectivity index (χ1v) is 11.4. The first kappa shape index (κ1) is 20.4. The van der Waals surface area contributed by atoms with Crippen LogP contribution < -0.4 is 4.90 Å². The van der Waals surface area contributed by atoms with Crippen LogP contribution in [0.5, 0.6) is 0 Å². The molecule has 0 saturated heterocycles. The van der Waals surface area contributed by atoms with Crippen LogP contribution in [0.15, 0.2) is 47.4 Å². The molecule has 0 unspecified atom stereocenters. The topological polar surface area (TPSA) is 99.6 Å². The second-order valence-electron chi connectivity index (χ2n) is 7.30. The number of nitro benzene ring substituents is 1. The Hall–Kier alpha value is -2.91. The lowest BCUT2D eigenvalue weighted by atomic mass is 10.0. The molecule has 0 spiro atoms. The van der Waals surface area contributed by atoms with Gasteiger partial charge in [-0.15, -0.1) is 0 Å². The van der Waals surface area contributed by atoms with Crippen LogP contribution in [-0.4, -0.2) is 42.3 Å². The molecule has 2 heterocycles. The summed E-state index contributed by atoms with van der Waals surface area (Å²) >= 11 is 0. The third kappa shape index (κ3) is 3.33. The van der Waals surface area contributed by atoms with Gasteiger partial charge in [0.2, 0.25) is 10.0 Å². The number of aromatic nitrogens is 1. The number of nitrogens with zero attached hydrogens (tertiary/aromatic N) is 3. The van der Waals surface area contributed by atoms with Gasteiger partial charge in [0.05, 0.1) is 9.82 Å². The second-order valence-corrected chi connectivity index (χ2v) is 9.23. The van der Waals surface area contributed by atoms with Crippen molar-refractivity contribution in [2.75, 3.05) is 24.5 Å². The summed E-state index contributed by atoms with van der Waals surface area (Å²) in [5.74, 6) is 0. The Kier molecular flexibility index (Phi) is 5.25. The van der Waals surface area contributed by atoms with E-state index in [4.69, 9.17) is 0 Å². The van der Waals surface area contributed by atoms with Crippen molar-refractivity contribution in [3.8, 4) is 0 Å². The number of para-hydroxylation sites is 1. The summed E-state index contributed by atoms with van der Waals surface area (Å²) in [7, 11) is -3.77. The van der Waals surface area contributed by atoms with E-state index >= 15 is 0 Å². The molecular weight excluding hydrogens is 404 g/mol.